The van der Waals surface area contributed by atoms with Gasteiger partial charge in [0.25, 0.3) is 0 Å². The van der Waals surface area contributed by atoms with Crippen molar-refractivity contribution in [2.45, 2.75) is 0 Å². The van der Waals surface area contributed by atoms with Gasteiger partial charge in [-0.05, 0) is 119 Å². The molecule has 9 heteroatoms. The molecule has 0 atom stereocenters. The topological polar surface area (TPSA) is 147 Å². The highest BCUT2D eigenvalue weighted by atomic mass is 16.5. The summed E-state index contributed by atoms with van der Waals surface area (Å²) in [6.07, 6.45) is 0. The van der Waals surface area contributed by atoms with Crippen LogP contribution in [0.4, 0.5) is 0 Å². The predicted octanol–water partition coefficient (Wildman–Crippen LogP) is 11.6. The SMILES string of the molecule is N#Cc1cc2cc(Oc3ccccc3)c(Oc3ccccc3)cc2cc1C#N.N=C1N=C(N)c2cc3cc(Oc4ccccc4)c(Oc4ccccc4)cc3cc21. The molecule has 9 nitrogen and oxygen atoms in total. The molecule has 0 fully saturated rings. The fraction of sp³-hybridized carbons (Fsp3) is 0. The summed E-state index contributed by atoms with van der Waals surface area (Å²) >= 11 is 0. The molecular formula is C48H31N5O4. The summed E-state index contributed by atoms with van der Waals surface area (Å²) in [4.78, 5) is 4.08. The number of benzene rings is 8. The van der Waals surface area contributed by atoms with Gasteiger partial charge in [-0.15, -0.1) is 0 Å². The number of nitriles is 2. The molecule has 0 spiro atoms. The van der Waals surface area contributed by atoms with Crippen molar-refractivity contribution in [3.05, 3.63) is 192 Å². The first-order valence-electron chi connectivity index (χ1n) is 17.8. The second-order valence-electron chi connectivity index (χ2n) is 12.8. The van der Waals surface area contributed by atoms with Crippen molar-refractivity contribution in [2.75, 3.05) is 0 Å². The Morgan fingerprint density at radius 2 is 0.719 bits per heavy atom. The average molecular weight is 742 g/mol. The molecule has 3 N–H and O–H groups in total. The van der Waals surface area contributed by atoms with Crippen molar-refractivity contribution in [1.82, 2.24) is 0 Å². The van der Waals surface area contributed by atoms with Gasteiger partial charge in [0.1, 0.15) is 41.0 Å². The van der Waals surface area contributed by atoms with Crippen LogP contribution >= 0.6 is 0 Å². The minimum atomic E-state index is 0.175. The largest absolute Gasteiger partial charge is 0.453 e. The van der Waals surface area contributed by atoms with Crippen LogP contribution in [0.3, 0.4) is 0 Å². The third-order valence-corrected chi connectivity index (χ3v) is 8.97. The number of nitrogens with one attached hydrogen (secondary N) is 1. The molecule has 272 valence electrons. The zero-order chi connectivity index (χ0) is 39.1. The molecule has 8 aromatic carbocycles. The Balaban J connectivity index is 0.000000160. The fourth-order valence-electron chi connectivity index (χ4n) is 6.23. The van der Waals surface area contributed by atoms with E-state index in [1.165, 1.54) is 0 Å². The molecule has 1 aliphatic rings. The number of nitrogens with zero attached hydrogens (tertiary/aromatic N) is 3. The maximum Gasteiger partial charge on any atom is 0.170 e. The van der Waals surface area contributed by atoms with Gasteiger partial charge in [0, 0.05) is 11.1 Å². The smallest absolute Gasteiger partial charge is 0.170 e. The summed E-state index contributed by atoms with van der Waals surface area (Å²) < 4.78 is 24.3. The van der Waals surface area contributed by atoms with Crippen molar-refractivity contribution in [2.24, 2.45) is 10.7 Å². The van der Waals surface area contributed by atoms with E-state index in [1.54, 1.807) is 12.1 Å². The van der Waals surface area contributed by atoms with Crippen LogP contribution in [0, 0.1) is 28.1 Å². The standard InChI is InChI=1S/C24H17N3O2.C24H14N2O2/c25-23-19-11-15-13-21(28-17-7-3-1-4-8-17)22(29-18-9-5-2-6-10-18)14-16(15)12-20(19)24(26)27-23;25-15-19-11-17-13-23(27-21-7-3-1-4-8-21)24(14-18(17)12-20(19)16-26)28-22-9-5-2-6-10-22/h1-14H,(H3,25,26,27);1-14H. The molecule has 0 aromatic heterocycles. The lowest BCUT2D eigenvalue weighted by Gasteiger charge is -2.14. The number of fused-ring (bicyclic) bond motifs is 3. The van der Waals surface area contributed by atoms with Gasteiger partial charge in [0.15, 0.2) is 28.8 Å². The van der Waals surface area contributed by atoms with Gasteiger partial charge in [-0.2, -0.15) is 10.5 Å². The minimum Gasteiger partial charge on any atom is -0.453 e. The number of rotatable bonds is 8. The number of ether oxygens (including phenoxy) is 4. The molecule has 0 radical (unpaired) electrons. The summed E-state index contributed by atoms with van der Waals surface area (Å²) in [5.41, 5.74) is 8.12. The fourth-order valence-corrected chi connectivity index (χ4v) is 6.23. The Kier molecular flexibility index (Phi) is 9.94. The maximum atomic E-state index is 9.31. The first-order valence-corrected chi connectivity index (χ1v) is 17.8. The van der Waals surface area contributed by atoms with Crippen LogP contribution in [-0.2, 0) is 0 Å². The third kappa shape index (κ3) is 7.95. The van der Waals surface area contributed by atoms with Gasteiger partial charge in [0.2, 0.25) is 0 Å². The average Bonchev–Trinajstić information content (AvgIpc) is 3.52. The summed E-state index contributed by atoms with van der Waals surface area (Å²) in [5.74, 6) is 5.55. The number of para-hydroxylation sites is 4. The molecule has 57 heavy (non-hydrogen) atoms. The quantitative estimate of drug-likeness (QED) is 0.157. The summed E-state index contributed by atoms with van der Waals surface area (Å²) in [6.45, 7) is 0. The molecular weight excluding hydrogens is 711 g/mol. The highest BCUT2D eigenvalue weighted by Crippen LogP contribution is 2.41. The molecule has 1 aliphatic heterocycles. The van der Waals surface area contributed by atoms with Gasteiger partial charge < -0.3 is 24.7 Å². The van der Waals surface area contributed by atoms with E-state index < -0.39 is 0 Å². The van der Waals surface area contributed by atoms with E-state index in [2.05, 4.69) is 17.1 Å². The summed E-state index contributed by atoms with van der Waals surface area (Å²) in [7, 11) is 0. The lowest BCUT2D eigenvalue weighted by Crippen LogP contribution is -2.10. The lowest BCUT2D eigenvalue weighted by molar-refractivity contribution is 0.420. The number of aliphatic imine (C=N–C) groups is 1. The van der Waals surface area contributed by atoms with E-state index in [9.17, 15) is 10.5 Å². The van der Waals surface area contributed by atoms with Crippen LogP contribution < -0.4 is 24.7 Å². The summed E-state index contributed by atoms with van der Waals surface area (Å²) in [5, 5.41) is 30.1. The van der Waals surface area contributed by atoms with E-state index in [4.69, 9.17) is 30.1 Å². The highest BCUT2D eigenvalue weighted by molar-refractivity contribution is 6.22. The van der Waals surface area contributed by atoms with Crippen molar-refractivity contribution in [3.63, 3.8) is 0 Å². The predicted molar refractivity (Wildman–Crippen MR) is 221 cm³/mol. The van der Waals surface area contributed by atoms with Gasteiger partial charge >= 0.3 is 0 Å². The van der Waals surface area contributed by atoms with Gasteiger partial charge in [-0.1, -0.05) is 72.8 Å². The summed E-state index contributed by atoms with van der Waals surface area (Å²) in [6, 6.07) is 56.8. The van der Waals surface area contributed by atoms with Gasteiger partial charge in [0.05, 0.1) is 11.1 Å². The monoisotopic (exact) mass is 741 g/mol. The van der Waals surface area contributed by atoms with Crippen LogP contribution in [0.2, 0.25) is 0 Å². The van der Waals surface area contributed by atoms with E-state index in [-0.39, 0.29) is 5.84 Å². The Bertz CT molecular complexity index is 2790. The first kappa shape index (κ1) is 35.6. The second kappa shape index (κ2) is 15.9. The molecule has 1 heterocycles. The molecule has 0 aliphatic carbocycles. The van der Waals surface area contributed by atoms with E-state index in [0.29, 0.717) is 63.0 Å². The van der Waals surface area contributed by atoms with Crippen LogP contribution in [0.15, 0.2) is 175 Å². The maximum absolute atomic E-state index is 9.31. The first-order chi connectivity index (χ1) is 27.9. The number of amidine groups is 2. The second-order valence-corrected chi connectivity index (χ2v) is 12.8. The third-order valence-electron chi connectivity index (χ3n) is 8.97. The van der Waals surface area contributed by atoms with Crippen LogP contribution in [0.5, 0.6) is 46.0 Å². The van der Waals surface area contributed by atoms with E-state index in [1.807, 2.05) is 158 Å². The van der Waals surface area contributed by atoms with Crippen molar-refractivity contribution < 1.29 is 18.9 Å². The normalized spacial score (nSPS) is 11.3. The highest BCUT2D eigenvalue weighted by Gasteiger charge is 2.21. The Morgan fingerprint density at radius 1 is 0.421 bits per heavy atom. The van der Waals surface area contributed by atoms with Crippen molar-refractivity contribution >= 4 is 33.2 Å². The Morgan fingerprint density at radius 3 is 1.04 bits per heavy atom. The number of hydrogen-bond donors (Lipinski definition) is 2. The molecule has 0 saturated carbocycles. The lowest BCUT2D eigenvalue weighted by atomic mass is 10.0. The molecule has 0 bridgehead atoms. The molecule has 9 rings (SSSR count). The van der Waals surface area contributed by atoms with Crippen LogP contribution in [0.25, 0.3) is 21.5 Å². The van der Waals surface area contributed by atoms with Crippen LogP contribution in [-0.4, -0.2) is 11.7 Å². The molecule has 0 unspecified atom stereocenters. The minimum absolute atomic E-state index is 0.175. The number of hydrogen-bond acceptors (Lipinski definition) is 8. The van der Waals surface area contributed by atoms with Crippen molar-refractivity contribution in [3.8, 4) is 58.1 Å². The van der Waals surface area contributed by atoms with Gasteiger partial charge in [-0.25, -0.2) is 4.99 Å². The van der Waals surface area contributed by atoms with E-state index in [0.717, 1.165) is 32.7 Å². The zero-order valence-electron chi connectivity index (χ0n) is 30.2. The Hall–Kier alpha value is -8.40. The van der Waals surface area contributed by atoms with Crippen LogP contribution in [0.1, 0.15) is 22.3 Å². The zero-order valence-corrected chi connectivity index (χ0v) is 30.2. The van der Waals surface area contributed by atoms with Crippen molar-refractivity contribution in [1.29, 1.82) is 15.9 Å². The molecule has 8 aromatic rings. The van der Waals surface area contributed by atoms with Gasteiger partial charge in [-0.3, -0.25) is 5.41 Å². The number of nitrogens with two attached hydrogens (primary N) is 1. The Labute approximate surface area is 328 Å². The molecule has 0 saturated heterocycles. The van der Waals surface area contributed by atoms with E-state index >= 15 is 0 Å². The molecule has 0 amide bonds.